The zero-order chi connectivity index (χ0) is 15.0. The fourth-order valence-corrected chi connectivity index (χ4v) is 2.76. The predicted molar refractivity (Wildman–Crippen MR) is 76.6 cm³/mol. The number of amides is 1. The number of carbonyl (C=O) groups is 2. The number of hydrogen-bond donors (Lipinski definition) is 1. The number of fused-ring (bicyclic) bond motifs is 1. The highest BCUT2D eigenvalue weighted by molar-refractivity contribution is 6.05. The average molecular weight is 285 g/mol. The minimum atomic E-state index is -0.863. The highest BCUT2D eigenvalue weighted by Crippen LogP contribution is 2.38. The Kier molecular flexibility index (Phi) is 3.25. The number of aliphatic carboxylic acids is 1. The Morgan fingerprint density at radius 3 is 2.71 bits per heavy atom. The molecule has 1 amide bonds. The predicted octanol–water partition coefficient (Wildman–Crippen LogP) is 2.81. The molecule has 108 valence electrons. The number of carbonyl (C=O) groups excluding carboxylic acids is 1. The molecule has 21 heavy (non-hydrogen) atoms. The van der Waals surface area contributed by atoms with Crippen LogP contribution in [-0.2, 0) is 4.79 Å². The number of furan rings is 1. The maximum Gasteiger partial charge on any atom is 0.304 e. The second-order valence-corrected chi connectivity index (χ2v) is 5.18. The second-order valence-electron chi connectivity index (χ2n) is 5.18. The monoisotopic (exact) mass is 285 g/mol. The number of hydrogen-bond acceptors (Lipinski definition) is 3. The standard InChI is InChI=1S/C16H15NO4/c1-10-6-7-14(21-10)16(20)17-9-11(8-15(18)19)12-4-2-3-5-13(12)17/h2-7,11H,8-9H2,1H3,(H,18,19). The van der Waals surface area contributed by atoms with Crippen molar-refractivity contribution in [3.05, 3.63) is 53.5 Å². The van der Waals surface area contributed by atoms with Gasteiger partial charge in [0.1, 0.15) is 5.76 Å². The normalized spacial score (nSPS) is 16.8. The maximum atomic E-state index is 12.5. The molecule has 1 unspecified atom stereocenters. The van der Waals surface area contributed by atoms with E-state index in [2.05, 4.69) is 0 Å². The molecule has 0 aliphatic carbocycles. The van der Waals surface area contributed by atoms with Crippen LogP contribution < -0.4 is 4.90 Å². The number of anilines is 1. The molecule has 2 heterocycles. The van der Waals surface area contributed by atoms with Crippen LogP contribution in [-0.4, -0.2) is 23.5 Å². The molecule has 0 bridgehead atoms. The van der Waals surface area contributed by atoms with Crippen molar-refractivity contribution in [2.45, 2.75) is 19.3 Å². The fraction of sp³-hybridized carbons (Fsp3) is 0.250. The van der Waals surface area contributed by atoms with E-state index < -0.39 is 5.97 Å². The molecule has 3 rings (SSSR count). The van der Waals surface area contributed by atoms with E-state index in [-0.39, 0.29) is 24.0 Å². The molecule has 5 heteroatoms. The molecule has 1 aromatic heterocycles. The largest absolute Gasteiger partial charge is 0.481 e. The van der Waals surface area contributed by atoms with Gasteiger partial charge in [0.25, 0.3) is 5.91 Å². The number of carboxylic acids is 1. The first kappa shape index (κ1) is 13.4. The molecule has 1 N–H and O–H groups in total. The summed E-state index contributed by atoms with van der Waals surface area (Å²) in [6, 6.07) is 10.8. The van der Waals surface area contributed by atoms with E-state index in [0.717, 1.165) is 11.3 Å². The molecule has 0 fully saturated rings. The third-order valence-corrected chi connectivity index (χ3v) is 3.69. The molecule has 5 nitrogen and oxygen atoms in total. The van der Waals surface area contributed by atoms with Crippen molar-refractivity contribution in [1.29, 1.82) is 0 Å². The van der Waals surface area contributed by atoms with Crippen molar-refractivity contribution in [3.63, 3.8) is 0 Å². The third kappa shape index (κ3) is 2.42. The van der Waals surface area contributed by atoms with E-state index in [9.17, 15) is 9.59 Å². The topological polar surface area (TPSA) is 70.8 Å². The van der Waals surface area contributed by atoms with Crippen molar-refractivity contribution in [2.75, 3.05) is 11.4 Å². The van der Waals surface area contributed by atoms with Crippen LogP contribution in [0.25, 0.3) is 0 Å². The smallest absolute Gasteiger partial charge is 0.304 e. The van der Waals surface area contributed by atoms with Crippen LogP contribution in [0.15, 0.2) is 40.8 Å². The van der Waals surface area contributed by atoms with Gasteiger partial charge < -0.3 is 14.4 Å². The van der Waals surface area contributed by atoms with Crippen molar-refractivity contribution in [3.8, 4) is 0 Å². The Bertz CT molecular complexity index is 704. The van der Waals surface area contributed by atoms with Crippen molar-refractivity contribution in [1.82, 2.24) is 0 Å². The Morgan fingerprint density at radius 1 is 1.29 bits per heavy atom. The SMILES string of the molecule is Cc1ccc(C(=O)N2CC(CC(=O)O)c3ccccc32)o1. The zero-order valence-corrected chi connectivity index (χ0v) is 11.6. The lowest BCUT2D eigenvalue weighted by Crippen LogP contribution is -2.29. The summed E-state index contributed by atoms with van der Waals surface area (Å²) in [5.41, 5.74) is 1.67. The van der Waals surface area contributed by atoms with E-state index in [1.165, 1.54) is 0 Å². The second kappa shape index (κ2) is 5.09. The van der Waals surface area contributed by atoms with E-state index in [1.807, 2.05) is 24.3 Å². The Balaban J connectivity index is 1.94. The number of rotatable bonds is 3. The van der Waals surface area contributed by atoms with Crippen LogP contribution in [0.4, 0.5) is 5.69 Å². The van der Waals surface area contributed by atoms with E-state index in [0.29, 0.717) is 12.3 Å². The molecule has 1 aliphatic heterocycles. The summed E-state index contributed by atoms with van der Waals surface area (Å²) in [6.45, 7) is 2.15. The van der Waals surface area contributed by atoms with Crippen molar-refractivity contribution in [2.24, 2.45) is 0 Å². The van der Waals surface area contributed by atoms with Gasteiger partial charge in [0.05, 0.1) is 6.42 Å². The van der Waals surface area contributed by atoms with E-state index >= 15 is 0 Å². The first-order valence-electron chi connectivity index (χ1n) is 6.75. The summed E-state index contributed by atoms with van der Waals surface area (Å²) in [6.07, 6.45) is 0.0119. The van der Waals surface area contributed by atoms with Gasteiger partial charge in [0.2, 0.25) is 0 Å². The van der Waals surface area contributed by atoms with Gasteiger partial charge in [0.15, 0.2) is 5.76 Å². The van der Waals surface area contributed by atoms with Crippen LogP contribution in [0.2, 0.25) is 0 Å². The number of nitrogens with zero attached hydrogens (tertiary/aromatic N) is 1. The maximum absolute atomic E-state index is 12.5. The van der Waals surface area contributed by atoms with Crippen molar-refractivity contribution >= 4 is 17.6 Å². The third-order valence-electron chi connectivity index (χ3n) is 3.69. The van der Waals surface area contributed by atoms with Crippen molar-refractivity contribution < 1.29 is 19.1 Å². The van der Waals surface area contributed by atoms with E-state index in [1.54, 1.807) is 24.0 Å². The van der Waals surface area contributed by atoms with Crippen LogP contribution >= 0.6 is 0 Å². The number of para-hydroxylation sites is 1. The minimum absolute atomic E-state index is 0.0119. The Morgan fingerprint density at radius 2 is 2.05 bits per heavy atom. The van der Waals surface area contributed by atoms with Gasteiger partial charge in [-0.2, -0.15) is 0 Å². The summed E-state index contributed by atoms with van der Waals surface area (Å²) in [4.78, 5) is 25.1. The summed E-state index contributed by atoms with van der Waals surface area (Å²) in [5.74, 6) is -0.328. The molecule has 0 saturated carbocycles. The van der Waals surface area contributed by atoms with E-state index in [4.69, 9.17) is 9.52 Å². The molecule has 1 atom stereocenters. The number of benzene rings is 1. The lowest BCUT2D eigenvalue weighted by atomic mass is 9.98. The molecule has 1 aromatic carbocycles. The summed E-state index contributed by atoms with van der Waals surface area (Å²) in [5, 5.41) is 9.02. The average Bonchev–Trinajstić information content (AvgIpc) is 3.03. The van der Waals surface area contributed by atoms with Gasteiger partial charge in [-0.25, -0.2) is 0 Å². The fourth-order valence-electron chi connectivity index (χ4n) is 2.76. The molecular weight excluding hydrogens is 270 g/mol. The Labute approximate surface area is 121 Å². The lowest BCUT2D eigenvalue weighted by Gasteiger charge is -2.16. The van der Waals surface area contributed by atoms with Gasteiger partial charge in [-0.15, -0.1) is 0 Å². The molecule has 0 radical (unpaired) electrons. The van der Waals surface area contributed by atoms with Crippen LogP contribution in [0.3, 0.4) is 0 Å². The highest BCUT2D eigenvalue weighted by Gasteiger charge is 2.34. The highest BCUT2D eigenvalue weighted by atomic mass is 16.4. The Hall–Kier alpha value is -2.56. The van der Waals surface area contributed by atoms with Crippen LogP contribution in [0.1, 0.15) is 34.2 Å². The van der Waals surface area contributed by atoms with Gasteiger partial charge in [-0.1, -0.05) is 18.2 Å². The summed E-state index contributed by atoms with van der Waals surface area (Å²) >= 11 is 0. The molecule has 0 spiro atoms. The van der Waals surface area contributed by atoms with Gasteiger partial charge >= 0.3 is 5.97 Å². The molecule has 1 aliphatic rings. The summed E-state index contributed by atoms with van der Waals surface area (Å²) < 4.78 is 5.38. The quantitative estimate of drug-likeness (QED) is 0.941. The van der Waals surface area contributed by atoms with Crippen LogP contribution in [0.5, 0.6) is 0 Å². The number of aryl methyl sites for hydroxylation is 1. The lowest BCUT2D eigenvalue weighted by molar-refractivity contribution is -0.137. The number of carboxylic acid groups (broad SMARTS) is 1. The van der Waals surface area contributed by atoms with Gasteiger partial charge in [-0.3, -0.25) is 9.59 Å². The first-order valence-corrected chi connectivity index (χ1v) is 6.75. The zero-order valence-electron chi connectivity index (χ0n) is 11.6. The van der Waals surface area contributed by atoms with Gasteiger partial charge in [0, 0.05) is 18.2 Å². The summed E-state index contributed by atoms with van der Waals surface area (Å²) in [7, 11) is 0. The van der Waals surface area contributed by atoms with Gasteiger partial charge in [-0.05, 0) is 30.7 Å². The molecule has 0 saturated heterocycles. The first-order chi connectivity index (χ1) is 10.1. The minimum Gasteiger partial charge on any atom is -0.481 e. The van der Waals surface area contributed by atoms with Crippen LogP contribution in [0, 0.1) is 6.92 Å². The molecule has 2 aromatic rings. The molecular formula is C16H15NO4.